The van der Waals surface area contributed by atoms with E-state index in [9.17, 15) is 0 Å². The van der Waals surface area contributed by atoms with Gasteiger partial charge in [-0.25, -0.2) is 9.97 Å². The van der Waals surface area contributed by atoms with Gasteiger partial charge in [-0.2, -0.15) is 0 Å². The molecule has 1 aromatic carbocycles. The Balaban J connectivity index is 2.19. The predicted molar refractivity (Wildman–Crippen MR) is 61.0 cm³/mol. The van der Waals surface area contributed by atoms with E-state index >= 15 is 0 Å². The van der Waals surface area contributed by atoms with E-state index in [0.717, 1.165) is 0 Å². The van der Waals surface area contributed by atoms with Gasteiger partial charge in [0, 0.05) is 18.0 Å². The monoisotopic (exact) mass is 232 g/mol. The van der Waals surface area contributed by atoms with Crippen LogP contribution in [0.5, 0.6) is 17.5 Å². The Morgan fingerprint density at radius 3 is 2.35 bits per heavy atom. The molecule has 5 heteroatoms. The topological polar surface area (TPSA) is 64.5 Å². The molecule has 5 nitrogen and oxygen atoms in total. The Bertz CT molecular complexity index is 485. The second-order valence-electron chi connectivity index (χ2n) is 3.28. The van der Waals surface area contributed by atoms with Crippen molar-refractivity contribution in [2.45, 2.75) is 6.61 Å². The fraction of sp³-hybridized carbons (Fsp3) is 0.167. The van der Waals surface area contributed by atoms with Crippen molar-refractivity contribution < 1.29 is 14.6 Å². The van der Waals surface area contributed by atoms with Crippen LogP contribution in [-0.2, 0) is 6.61 Å². The van der Waals surface area contributed by atoms with Crippen LogP contribution in [0.4, 0.5) is 0 Å². The van der Waals surface area contributed by atoms with E-state index in [-0.39, 0.29) is 12.6 Å². The minimum absolute atomic E-state index is 0.0884. The Morgan fingerprint density at radius 2 is 1.76 bits per heavy atom. The van der Waals surface area contributed by atoms with Gasteiger partial charge in [0.15, 0.2) is 11.5 Å². The average molecular weight is 232 g/mol. The summed E-state index contributed by atoms with van der Waals surface area (Å²) in [5.41, 5.74) is 0.636. The van der Waals surface area contributed by atoms with Gasteiger partial charge in [-0.1, -0.05) is 12.1 Å². The van der Waals surface area contributed by atoms with Crippen molar-refractivity contribution >= 4 is 0 Å². The zero-order valence-electron chi connectivity index (χ0n) is 9.33. The van der Waals surface area contributed by atoms with Crippen LogP contribution in [0.1, 0.15) is 5.56 Å². The molecule has 0 bridgehead atoms. The maximum absolute atomic E-state index is 8.86. The molecule has 2 aromatic rings. The van der Waals surface area contributed by atoms with E-state index in [1.807, 2.05) is 12.1 Å². The normalized spacial score (nSPS) is 10.0. The van der Waals surface area contributed by atoms with Crippen molar-refractivity contribution in [2.24, 2.45) is 0 Å². The molecule has 17 heavy (non-hydrogen) atoms. The van der Waals surface area contributed by atoms with Crippen LogP contribution < -0.4 is 9.47 Å². The molecule has 0 spiro atoms. The number of benzene rings is 1. The molecule has 0 fully saturated rings. The fourth-order valence-corrected chi connectivity index (χ4v) is 1.28. The van der Waals surface area contributed by atoms with E-state index in [2.05, 4.69) is 9.97 Å². The summed E-state index contributed by atoms with van der Waals surface area (Å²) >= 11 is 0. The molecule has 0 radical (unpaired) electrons. The summed E-state index contributed by atoms with van der Waals surface area (Å²) in [4.78, 5) is 7.94. The van der Waals surface area contributed by atoms with E-state index in [1.165, 1.54) is 12.4 Å². The third kappa shape index (κ3) is 2.70. The lowest BCUT2D eigenvalue weighted by molar-refractivity contribution is 0.280. The number of rotatable bonds is 4. The zero-order chi connectivity index (χ0) is 12.1. The van der Waals surface area contributed by atoms with E-state index in [4.69, 9.17) is 14.6 Å². The molecule has 1 N–H and O–H groups in total. The van der Waals surface area contributed by atoms with E-state index in [1.54, 1.807) is 19.2 Å². The van der Waals surface area contributed by atoms with Gasteiger partial charge >= 0.3 is 6.01 Å². The fourth-order valence-electron chi connectivity index (χ4n) is 1.28. The van der Waals surface area contributed by atoms with Crippen LogP contribution in [0.15, 0.2) is 36.7 Å². The van der Waals surface area contributed by atoms with Crippen molar-refractivity contribution in [1.29, 1.82) is 0 Å². The molecule has 2 rings (SSSR count). The number of methoxy groups -OCH3 is 1. The minimum atomic E-state index is -0.0884. The van der Waals surface area contributed by atoms with Gasteiger partial charge in [0.05, 0.1) is 13.7 Å². The molecule has 0 saturated heterocycles. The van der Waals surface area contributed by atoms with Gasteiger partial charge in [-0.3, -0.25) is 0 Å². The standard InChI is InChI=1S/C12H12N2O3/c1-16-10-4-2-3-5-11(10)17-12-13-6-9(8-15)7-14-12/h2-7,15H,8H2,1H3. The zero-order valence-corrected chi connectivity index (χ0v) is 9.33. The molecule has 0 amide bonds. The van der Waals surface area contributed by atoms with Crippen LogP contribution in [0, 0.1) is 0 Å². The maximum atomic E-state index is 8.86. The summed E-state index contributed by atoms with van der Waals surface area (Å²) in [6.45, 7) is -0.0884. The third-order valence-corrected chi connectivity index (χ3v) is 2.13. The molecule has 0 atom stereocenters. The van der Waals surface area contributed by atoms with Gasteiger partial charge in [-0.05, 0) is 12.1 Å². The summed E-state index contributed by atoms with van der Waals surface area (Å²) in [6, 6.07) is 7.45. The van der Waals surface area contributed by atoms with Crippen LogP contribution in [0.3, 0.4) is 0 Å². The summed E-state index contributed by atoms with van der Waals surface area (Å²) < 4.78 is 10.6. The summed E-state index contributed by atoms with van der Waals surface area (Å²) in [6.07, 6.45) is 3.02. The van der Waals surface area contributed by atoms with E-state index < -0.39 is 0 Å². The second kappa shape index (κ2) is 5.27. The molecule has 0 unspecified atom stereocenters. The van der Waals surface area contributed by atoms with Crippen molar-refractivity contribution in [3.63, 3.8) is 0 Å². The lowest BCUT2D eigenvalue weighted by atomic mass is 10.3. The highest BCUT2D eigenvalue weighted by molar-refractivity contribution is 5.40. The lowest BCUT2D eigenvalue weighted by Gasteiger charge is -2.08. The number of hydrogen-bond donors (Lipinski definition) is 1. The first-order valence-electron chi connectivity index (χ1n) is 5.06. The lowest BCUT2D eigenvalue weighted by Crippen LogP contribution is -1.95. The summed E-state index contributed by atoms with van der Waals surface area (Å²) in [7, 11) is 1.57. The summed E-state index contributed by atoms with van der Waals surface area (Å²) in [5, 5.41) is 8.86. The Hall–Kier alpha value is -2.14. The van der Waals surface area contributed by atoms with E-state index in [0.29, 0.717) is 17.1 Å². The number of aliphatic hydroxyl groups is 1. The smallest absolute Gasteiger partial charge is 0.322 e. The Morgan fingerprint density at radius 1 is 1.12 bits per heavy atom. The van der Waals surface area contributed by atoms with Crippen LogP contribution in [0.25, 0.3) is 0 Å². The highest BCUT2D eigenvalue weighted by atomic mass is 16.5. The van der Waals surface area contributed by atoms with Gasteiger partial charge in [0.1, 0.15) is 0 Å². The van der Waals surface area contributed by atoms with Gasteiger partial charge < -0.3 is 14.6 Å². The predicted octanol–water partition coefficient (Wildman–Crippen LogP) is 1.77. The highest BCUT2D eigenvalue weighted by Crippen LogP contribution is 2.28. The Kier molecular flexibility index (Phi) is 3.52. The number of aliphatic hydroxyl groups excluding tert-OH is 1. The number of nitrogens with zero attached hydrogens (tertiary/aromatic N) is 2. The number of para-hydroxylation sites is 2. The molecule has 0 saturated carbocycles. The SMILES string of the molecule is COc1ccccc1Oc1ncc(CO)cn1. The average Bonchev–Trinajstić information content (AvgIpc) is 2.40. The molecule has 1 heterocycles. The number of aromatic nitrogens is 2. The van der Waals surface area contributed by atoms with Crippen LogP contribution in [0.2, 0.25) is 0 Å². The molecule has 0 aliphatic rings. The van der Waals surface area contributed by atoms with Crippen molar-refractivity contribution in [3.8, 4) is 17.5 Å². The molecular formula is C12H12N2O3. The van der Waals surface area contributed by atoms with Crippen LogP contribution in [-0.4, -0.2) is 22.2 Å². The van der Waals surface area contributed by atoms with Crippen molar-refractivity contribution in [1.82, 2.24) is 9.97 Å². The molecule has 88 valence electrons. The van der Waals surface area contributed by atoms with Gasteiger partial charge in [0.2, 0.25) is 0 Å². The quantitative estimate of drug-likeness (QED) is 0.870. The van der Waals surface area contributed by atoms with Crippen molar-refractivity contribution in [2.75, 3.05) is 7.11 Å². The number of ether oxygens (including phenoxy) is 2. The molecule has 0 aliphatic heterocycles. The Labute approximate surface area is 98.7 Å². The van der Waals surface area contributed by atoms with Crippen molar-refractivity contribution in [3.05, 3.63) is 42.2 Å². The summed E-state index contributed by atoms with van der Waals surface area (Å²) in [5.74, 6) is 1.16. The maximum Gasteiger partial charge on any atom is 0.322 e. The minimum Gasteiger partial charge on any atom is -0.493 e. The molecule has 0 aliphatic carbocycles. The first kappa shape index (κ1) is 11.3. The highest BCUT2D eigenvalue weighted by Gasteiger charge is 2.05. The largest absolute Gasteiger partial charge is 0.493 e. The van der Waals surface area contributed by atoms with Gasteiger partial charge in [0.25, 0.3) is 0 Å². The van der Waals surface area contributed by atoms with Gasteiger partial charge in [-0.15, -0.1) is 0 Å². The third-order valence-electron chi connectivity index (χ3n) is 2.13. The first-order valence-corrected chi connectivity index (χ1v) is 5.06. The first-order chi connectivity index (χ1) is 8.33. The molecular weight excluding hydrogens is 220 g/mol. The second-order valence-corrected chi connectivity index (χ2v) is 3.28. The molecule has 1 aromatic heterocycles. The van der Waals surface area contributed by atoms with Crippen LogP contribution >= 0.6 is 0 Å². The number of hydrogen-bond acceptors (Lipinski definition) is 5.